The first-order valence-electron chi connectivity index (χ1n) is 4.27. The Balaban J connectivity index is 3.24. The van der Waals surface area contributed by atoms with E-state index >= 15 is 0 Å². The SMILES string of the molecule is Cc1cccc(C=C(C#N)C#N)c1C. The standard InChI is InChI=1S/C12H10N2/c1-9-4-3-5-12(10(9)2)6-11(7-13)8-14/h3-6H,1-2H3. The van der Waals surface area contributed by atoms with Crippen molar-refractivity contribution in [3.05, 3.63) is 40.5 Å². The third kappa shape index (κ3) is 2.00. The Labute approximate surface area is 83.7 Å². The maximum absolute atomic E-state index is 8.61. The molecule has 0 unspecified atom stereocenters. The number of hydrogen-bond acceptors (Lipinski definition) is 2. The number of nitriles is 2. The van der Waals surface area contributed by atoms with E-state index in [4.69, 9.17) is 10.5 Å². The van der Waals surface area contributed by atoms with E-state index in [1.807, 2.05) is 44.2 Å². The van der Waals surface area contributed by atoms with Gasteiger partial charge in [0, 0.05) is 0 Å². The van der Waals surface area contributed by atoms with Crippen molar-refractivity contribution in [1.29, 1.82) is 10.5 Å². The van der Waals surface area contributed by atoms with Crippen molar-refractivity contribution in [1.82, 2.24) is 0 Å². The largest absolute Gasteiger partial charge is 0.192 e. The Kier molecular flexibility index (Phi) is 3.05. The molecule has 0 saturated carbocycles. The summed E-state index contributed by atoms with van der Waals surface area (Å²) in [6.07, 6.45) is 1.61. The number of nitrogens with zero attached hydrogens (tertiary/aromatic N) is 2. The Morgan fingerprint density at radius 2 is 1.86 bits per heavy atom. The predicted octanol–water partition coefficient (Wildman–Crippen LogP) is 2.73. The third-order valence-electron chi connectivity index (χ3n) is 2.19. The lowest BCUT2D eigenvalue weighted by molar-refractivity contribution is 1.32. The van der Waals surface area contributed by atoms with Crippen LogP contribution in [0.4, 0.5) is 0 Å². The van der Waals surface area contributed by atoms with Crippen LogP contribution in [0.15, 0.2) is 23.8 Å². The van der Waals surface area contributed by atoms with Gasteiger partial charge in [-0.3, -0.25) is 0 Å². The first-order valence-corrected chi connectivity index (χ1v) is 4.27. The van der Waals surface area contributed by atoms with Crippen LogP contribution in [0.2, 0.25) is 0 Å². The lowest BCUT2D eigenvalue weighted by Gasteiger charge is -2.02. The molecule has 1 aromatic carbocycles. The van der Waals surface area contributed by atoms with Gasteiger partial charge in [-0.25, -0.2) is 0 Å². The second-order valence-corrected chi connectivity index (χ2v) is 3.07. The van der Waals surface area contributed by atoms with E-state index in [0.29, 0.717) is 0 Å². The molecule has 0 bridgehead atoms. The minimum atomic E-state index is 0.138. The van der Waals surface area contributed by atoms with Crippen LogP contribution in [0.25, 0.3) is 6.08 Å². The molecule has 0 heterocycles. The number of benzene rings is 1. The van der Waals surface area contributed by atoms with Gasteiger partial charge in [-0.2, -0.15) is 10.5 Å². The van der Waals surface area contributed by atoms with Crippen LogP contribution < -0.4 is 0 Å². The molecule has 0 amide bonds. The molecule has 0 N–H and O–H groups in total. The summed E-state index contributed by atoms with van der Waals surface area (Å²) in [7, 11) is 0. The Bertz CT molecular complexity index is 440. The molecule has 0 fully saturated rings. The van der Waals surface area contributed by atoms with Crippen molar-refractivity contribution in [2.24, 2.45) is 0 Å². The predicted molar refractivity (Wildman–Crippen MR) is 55.1 cm³/mol. The van der Waals surface area contributed by atoms with Gasteiger partial charge in [-0.15, -0.1) is 0 Å². The Morgan fingerprint density at radius 1 is 1.21 bits per heavy atom. The normalized spacial score (nSPS) is 8.57. The minimum absolute atomic E-state index is 0.138. The smallest absolute Gasteiger partial charge is 0.130 e. The molecule has 1 rings (SSSR count). The van der Waals surface area contributed by atoms with Crippen molar-refractivity contribution in [3.8, 4) is 12.1 Å². The fourth-order valence-electron chi connectivity index (χ4n) is 1.18. The summed E-state index contributed by atoms with van der Waals surface area (Å²) in [5.74, 6) is 0. The highest BCUT2D eigenvalue weighted by molar-refractivity contribution is 5.64. The first-order chi connectivity index (χ1) is 6.69. The second-order valence-electron chi connectivity index (χ2n) is 3.07. The van der Waals surface area contributed by atoms with E-state index in [2.05, 4.69) is 0 Å². The first kappa shape index (κ1) is 10.0. The van der Waals surface area contributed by atoms with Crippen molar-refractivity contribution >= 4 is 6.08 Å². The maximum Gasteiger partial charge on any atom is 0.130 e. The van der Waals surface area contributed by atoms with Gasteiger partial charge in [0.05, 0.1) is 0 Å². The van der Waals surface area contributed by atoms with Crippen LogP contribution in [0.5, 0.6) is 0 Å². The second kappa shape index (κ2) is 4.25. The molecule has 2 heteroatoms. The Hall–Kier alpha value is -2.06. The van der Waals surface area contributed by atoms with E-state index in [1.165, 1.54) is 0 Å². The van der Waals surface area contributed by atoms with Crippen LogP contribution in [-0.4, -0.2) is 0 Å². The molecule has 0 aliphatic rings. The van der Waals surface area contributed by atoms with Gasteiger partial charge in [0.25, 0.3) is 0 Å². The highest BCUT2D eigenvalue weighted by Gasteiger charge is 1.99. The fraction of sp³-hybridized carbons (Fsp3) is 0.167. The molecule has 0 atom stereocenters. The van der Waals surface area contributed by atoms with Gasteiger partial charge in [0.1, 0.15) is 17.7 Å². The number of rotatable bonds is 1. The van der Waals surface area contributed by atoms with Crippen LogP contribution >= 0.6 is 0 Å². The zero-order valence-electron chi connectivity index (χ0n) is 8.20. The van der Waals surface area contributed by atoms with E-state index in [1.54, 1.807) is 6.08 Å². The van der Waals surface area contributed by atoms with Crippen molar-refractivity contribution < 1.29 is 0 Å². The average molecular weight is 182 g/mol. The van der Waals surface area contributed by atoms with Crippen molar-refractivity contribution in [2.45, 2.75) is 13.8 Å². The summed E-state index contributed by atoms with van der Waals surface area (Å²) in [4.78, 5) is 0. The van der Waals surface area contributed by atoms with Gasteiger partial charge in [-0.05, 0) is 36.6 Å². The fourth-order valence-corrected chi connectivity index (χ4v) is 1.18. The highest BCUT2D eigenvalue weighted by Crippen LogP contribution is 2.15. The molecule has 0 aliphatic carbocycles. The number of hydrogen-bond donors (Lipinski definition) is 0. The van der Waals surface area contributed by atoms with E-state index in [0.717, 1.165) is 16.7 Å². The summed E-state index contributed by atoms with van der Waals surface area (Å²) in [5, 5.41) is 17.2. The molecule has 0 aromatic heterocycles. The highest BCUT2D eigenvalue weighted by atomic mass is 14.3. The average Bonchev–Trinajstić information content (AvgIpc) is 2.20. The van der Waals surface area contributed by atoms with Gasteiger partial charge in [-0.1, -0.05) is 18.2 Å². The van der Waals surface area contributed by atoms with Gasteiger partial charge in [0.2, 0.25) is 0 Å². The molecule has 0 spiro atoms. The molecule has 0 saturated heterocycles. The number of allylic oxidation sites excluding steroid dienone is 1. The van der Waals surface area contributed by atoms with Gasteiger partial charge < -0.3 is 0 Å². The van der Waals surface area contributed by atoms with Crippen LogP contribution in [0.3, 0.4) is 0 Å². The molecule has 2 nitrogen and oxygen atoms in total. The summed E-state index contributed by atoms with van der Waals surface area (Å²) < 4.78 is 0. The quantitative estimate of drug-likeness (QED) is 0.627. The number of aryl methyl sites for hydroxylation is 1. The topological polar surface area (TPSA) is 47.6 Å². The van der Waals surface area contributed by atoms with E-state index in [-0.39, 0.29) is 5.57 Å². The Morgan fingerprint density at radius 3 is 2.43 bits per heavy atom. The monoisotopic (exact) mass is 182 g/mol. The zero-order chi connectivity index (χ0) is 10.6. The zero-order valence-corrected chi connectivity index (χ0v) is 8.20. The van der Waals surface area contributed by atoms with Crippen LogP contribution in [-0.2, 0) is 0 Å². The van der Waals surface area contributed by atoms with Crippen LogP contribution in [0.1, 0.15) is 16.7 Å². The van der Waals surface area contributed by atoms with E-state index < -0.39 is 0 Å². The molecular formula is C12H10N2. The van der Waals surface area contributed by atoms with Crippen molar-refractivity contribution in [3.63, 3.8) is 0 Å². The van der Waals surface area contributed by atoms with E-state index in [9.17, 15) is 0 Å². The molecule has 68 valence electrons. The molecule has 0 aliphatic heterocycles. The summed E-state index contributed by atoms with van der Waals surface area (Å²) >= 11 is 0. The third-order valence-corrected chi connectivity index (χ3v) is 2.19. The summed E-state index contributed by atoms with van der Waals surface area (Å²) in [6.45, 7) is 3.98. The molecule has 0 radical (unpaired) electrons. The van der Waals surface area contributed by atoms with Crippen molar-refractivity contribution in [2.75, 3.05) is 0 Å². The molecule has 14 heavy (non-hydrogen) atoms. The summed E-state index contributed by atoms with van der Waals surface area (Å²) in [5.41, 5.74) is 3.34. The van der Waals surface area contributed by atoms with Crippen LogP contribution in [0, 0.1) is 36.5 Å². The molecule has 1 aromatic rings. The maximum atomic E-state index is 8.61. The van der Waals surface area contributed by atoms with Gasteiger partial charge >= 0.3 is 0 Å². The lowest BCUT2D eigenvalue weighted by Crippen LogP contribution is -1.85. The minimum Gasteiger partial charge on any atom is -0.192 e. The molecular weight excluding hydrogens is 172 g/mol. The summed E-state index contributed by atoms with van der Waals surface area (Å²) in [6, 6.07) is 9.52. The lowest BCUT2D eigenvalue weighted by atomic mass is 10.0. The van der Waals surface area contributed by atoms with Gasteiger partial charge in [0.15, 0.2) is 0 Å².